The van der Waals surface area contributed by atoms with Gasteiger partial charge in [0, 0.05) is 46.4 Å². The first-order valence-corrected chi connectivity index (χ1v) is 20.6. The largest absolute Gasteiger partial charge is 0.496 e. The van der Waals surface area contributed by atoms with Crippen molar-refractivity contribution in [3.05, 3.63) is 171 Å². The summed E-state index contributed by atoms with van der Waals surface area (Å²) >= 11 is 2.40. The molecule has 298 valence electrons. The lowest BCUT2D eigenvalue weighted by Crippen LogP contribution is -2.71. The number of hydrogen-bond acceptors (Lipinski definition) is 11. The van der Waals surface area contributed by atoms with Gasteiger partial charge in [-0.3, -0.25) is 19.3 Å². The molecule has 3 aliphatic heterocycles. The van der Waals surface area contributed by atoms with Gasteiger partial charge in [0.1, 0.15) is 28.6 Å². The summed E-state index contributed by atoms with van der Waals surface area (Å²) in [5, 5.41) is 21.8. The molecule has 8 rings (SSSR count). The molecule has 13 nitrogen and oxygen atoms in total. The molecule has 1 aromatic heterocycles. The summed E-state index contributed by atoms with van der Waals surface area (Å²) in [7, 11) is 1.54. The van der Waals surface area contributed by atoms with Crippen LogP contribution in [-0.2, 0) is 36.0 Å². The highest BCUT2D eigenvalue weighted by molar-refractivity contribution is 8.00. The Kier molecular flexibility index (Phi) is 11.0. The maximum atomic E-state index is 14.4. The number of β-lactam (4-membered cyclic amide) rings is 1. The van der Waals surface area contributed by atoms with Gasteiger partial charge >= 0.3 is 5.97 Å². The third-order valence-electron chi connectivity index (χ3n) is 10.5. The number of hydrogen-bond donors (Lipinski definition) is 4. The average molecular weight is 827 g/mol. The zero-order valence-electron chi connectivity index (χ0n) is 31.7. The molecule has 2 fully saturated rings. The van der Waals surface area contributed by atoms with Crippen LogP contribution >= 0.6 is 23.1 Å². The van der Waals surface area contributed by atoms with Gasteiger partial charge in [0.2, 0.25) is 11.5 Å². The minimum Gasteiger partial charge on any atom is -0.496 e. The molecule has 3 amide bonds. The number of para-hydroxylation sites is 1. The number of rotatable bonds is 13. The second-order valence-electron chi connectivity index (χ2n) is 13.8. The fourth-order valence-electron chi connectivity index (χ4n) is 7.70. The second-order valence-corrected chi connectivity index (χ2v) is 15.8. The molecule has 0 spiro atoms. The van der Waals surface area contributed by atoms with Gasteiger partial charge in [0.15, 0.2) is 10.8 Å². The fraction of sp³-hybridized carbons (Fsp3) is 0.182. The summed E-state index contributed by atoms with van der Waals surface area (Å²) in [5.74, 6) is -2.27. The highest BCUT2D eigenvalue weighted by Crippen LogP contribution is 2.45. The number of ether oxygens (including phenoxy) is 1. The maximum Gasteiger partial charge on any atom is 0.352 e. The lowest BCUT2D eigenvalue weighted by molar-refractivity contribution is -0.150. The Bertz CT molecular complexity index is 2430. The Labute approximate surface area is 347 Å². The lowest BCUT2D eigenvalue weighted by atomic mass is 9.80. The second kappa shape index (κ2) is 16.6. The quantitative estimate of drug-likeness (QED) is 0.0402. The molecular weight excluding hydrogens is 789 g/mol. The van der Waals surface area contributed by atoms with Gasteiger partial charge in [-0.25, -0.2) is 9.78 Å². The number of carbonyl (C=O) groups is 4. The number of aliphatic carboxylic acids is 1. The summed E-state index contributed by atoms with van der Waals surface area (Å²) in [6.45, 7) is 0.410. The van der Waals surface area contributed by atoms with E-state index in [1.807, 2.05) is 109 Å². The van der Waals surface area contributed by atoms with Crippen LogP contribution in [0.25, 0.3) is 0 Å². The first kappa shape index (κ1) is 39.1. The molecule has 5 aromatic rings. The number of aromatic nitrogens is 1. The van der Waals surface area contributed by atoms with Crippen LogP contribution in [0.15, 0.2) is 148 Å². The number of methoxy groups -OCH3 is 1. The van der Waals surface area contributed by atoms with Crippen LogP contribution in [0.3, 0.4) is 0 Å². The van der Waals surface area contributed by atoms with Crippen molar-refractivity contribution in [2.45, 2.75) is 29.9 Å². The van der Waals surface area contributed by atoms with E-state index in [1.54, 1.807) is 18.6 Å². The fourth-order valence-corrected chi connectivity index (χ4v) is 9.63. The van der Waals surface area contributed by atoms with Crippen molar-refractivity contribution < 1.29 is 33.9 Å². The number of carboxylic acid groups (broad SMARTS) is 1. The van der Waals surface area contributed by atoms with Crippen LogP contribution in [0.1, 0.15) is 34.4 Å². The van der Waals surface area contributed by atoms with E-state index in [0.717, 1.165) is 33.6 Å². The highest BCUT2D eigenvalue weighted by atomic mass is 32.2. The van der Waals surface area contributed by atoms with Crippen molar-refractivity contribution in [1.29, 1.82) is 0 Å². The molecule has 15 heteroatoms. The van der Waals surface area contributed by atoms with Crippen molar-refractivity contribution in [3.63, 3.8) is 0 Å². The van der Waals surface area contributed by atoms with Gasteiger partial charge in [-0.2, -0.15) is 0 Å². The normalized spacial score (nSPS) is 18.7. The van der Waals surface area contributed by atoms with Gasteiger partial charge in [0.05, 0.1) is 7.11 Å². The van der Waals surface area contributed by atoms with Crippen molar-refractivity contribution >= 4 is 57.6 Å². The summed E-state index contributed by atoms with van der Waals surface area (Å²) in [4.78, 5) is 66.8. The van der Waals surface area contributed by atoms with Crippen molar-refractivity contribution in [1.82, 2.24) is 20.5 Å². The van der Waals surface area contributed by atoms with E-state index in [1.165, 1.54) is 16.7 Å². The Morgan fingerprint density at radius 3 is 2.10 bits per heavy atom. The molecule has 2 atom stereocenters. The zero-order chi connectivity index (χ0) is 41.1. The minimum absolute atomic E-state index is 0.129. The molecule has 0 bridgehead atoms. The van der Waals surface area contributed by atoms with E-state index in [0.29, 0.717) is 35.4 Å². The number of nitrogen functional groups attached to an aromatic ring is 1. The van der Waals surface area contributed by atoms with E-state index in [2.05, 4.69) is 20.8 Å². The van der Waals surface area contributed by atoms with Gasteiger partial charge < -0.3 is 31.0 Å². The molecule has 0 saturated carbocycles. The van der Waals surface area contributed by atoms with Crippen molar-refractivity contribution in [3.8, 4) is 5.75 Å². The van der Waals surface area contributed by atoms with Gasteiger partial charge in [0.25, 0.3) is 11.8 Å². The number of allylic oxidation sites excluding steroid dienone is 1. The third-order valence-corrected chi connectivity index (χ3v) is 12.4. The van der Waals surface area contributed by atoms with Crippen LogP contribution in [0.5, 0.6) is 5.75 Å². The SMILES string of the molecule is COc1ccccc1CC(=C1CCNC1=O)C1=C(C(=O)O)N2C(=O)[C@@H](NC(=O)C(=NOC(c3ccccc3)(c3ccccc3)c3ccccc3)c3csc(N)n3)[C@H]2SC1. The number of carboxylic acids is 1. The summed E-state index contributed by atoms with van der Waals surface area (Å²) in [6, 6.07) is 34.7. The number of thiazole rings is 1. The number of benzene rings is 4. The maximum absolute atomic E-state index is 14.4. The summed E-state index contributed by atoms with van der Waals surface area (Å²) < 4.78 is 5.58. The standard InChI is InChI=1S/C44H38N6O7S2/c1-56-34-20-12-11-13-26(34)23-31(30-21-22-46-38(30)51)32-24-58-41-36(40(53)50(41)37(32)42(54)55)48-39(52)35(33-25-59-43(45)47-33)49-57-44(27-14-5-2-6-15-27,28-16-7-3-8-17-28)29-18-9-4-10-19-29/h2-20,25,36,41H,21-24H2,1H3,(H2,45,47)(H,46,51)(H,48,52)(H,54,55)/t36-,41-/m1/s1. The molecule has 0 unspecified atom stereocenters. The predicted molar refractivity (Wildman–Crippen MR) is 224 cm³/mol. The Morgan fingerprint density at radius 1 is 0.949 bits per heavy atom. The van der Waals surface area contributed by atoms with Crippen LogP contribution in [0.2, 0.25) is 0 Å². The first-order chi connectivity index (χ1) is 28.7. The topological polar surface area (TPSA) is 186 Å². The Morgan fingerprint density at radius 2 is 1.56 bits per heavy atom. The Hall–Kier alpha value is -6.71. The van der Waals surface area contributed by atoms with Crippen molar-refractivity contribution in [2.24, 2.45) is 5.16 Å². The van der Waals surface area contributed by atoms with Crippen molar-refractivity contribution in [2.75, 3.05) is 25.1 Å². The van der Waals surface area contributed by atoms with E-state index >= 15 is 0 Å². The number of thioether (sulfide) groups is 1. The molecule has 59 heavy (non-hydrogen) atoms. The molecular formula is C44H38N6O7S2. The molecule has 3 aliphatic rings. The zero-order valence-corrected chi connectivity index (χ0v) is 33.3. The van der Waals surface area contributed by atoms with E-state index in [4.69, 9.17) is 15.3 Å². The van der Waals surface area contributed by atoms with Crippen LogP contribution in [0.4, 0.5) is 5.13 Å². The number of nitrogens with two attached hydrogens (primary N) is 1. The first-order valence-electron chi connectivity index (χ1n) is 18.7. The van der Waals surface area contributed by atoms with E-state index < -0.39 is 34.8 Å². The molecule has 4 aromatic carbocycles. The van der Waals surface area contributed by atoms with Crippen LogP contribution in [-0.4, -0.2) is 75.2 Å². The molecule has 0 aliphatic carbocycles. The van der Waals surface area contributed by atoms with Crippen LogP contribution < -0.4 is 21.1 Å². The number of amides is 3. The summed E-state index contributed by atoms with van der Waals surface area (Å²) in [6.07, 6.45) is 0.602. The lowest BCUT2D eigenvalue weighted by Gasteiger charge is -2.49. The van der Waals surface area contributed by atoms with E-state index in [-0.39, 0.29) is 40.3 Å². The van der Waals surface area contributed by atoms with Gasteiger partial charge in [-0.05, 0) is 29.2 Å². The number of nitrogens with zero attached hydrogens (tertiary/aromatic N) is 3. The Balaban J connectivity index is 1.14. The number of nitrogens with one attached hydrogen (secondary N) is 2. The molecule has 4 heterocycles. The van der Waals surface area contributed by atoms with E-state index in [9.17, 15) is 24.3 Å². The summed E-state index contributed by atoms with van der Waals surface area (Å²) in [5.41, 5.74) is 8.69. The van der Waals surface area contributed by atoms with Gasteiger partial charge in [-0.1, -0.05) is 114 Å². The molecule has 2 saturated heterocycles. The number of oxime groups is 1. The highest BCUT2D eigenvalue weighted by Gasteiger charge is 2.55. The number of carbonyl (C=O) groups excluding carboxylic acids is 3. The van der Waals surface area contributed by atoms with Crippen LogP contribution in [0, 0.1) is 0 Å². The average Bonchev–Trinajstić information content (AvgIpc) is 3.91. The minimum atomic E-state index is -1.33. The monoisotopic (exact) mass is 826 g/mol. The van der Waals surface area contributed by atoms with Gasteiger partial charge in [-0.15, -0.1) is 23.1 Å². The predicted octanol–water partition coefficient (Wildman–Crippen LogP) is 5.24. The molecule has 0 radical (unpaired) electrons. The smallest absolute Gasteiger partial charge is 0.352 e. The number of anilines is 1. The number of fused-ring (bicyclic) bond motifs is 1. The molecule has 5 N–H and O–H groups in total. The third kappa shape index (κ3) is 7.34.